The molecule has 0 saturated carbocycles. The quantitative estimate of drug-likeness (QED) is 0.568. The van der Waals surface area contributed by atoms with Gasteiger partial charge in [-0.05, 0) is 55.9 Å². The number of hydrogen-bond acceptors (Lipinski definition) is 5. The van der Waals surface area contributed by atoms with Gasteiger partial charge in [-0.25, -0.2) is 4.68 Å². The Bertz CT molecular complexity index is 1210. The summed E-state index contributed by atoms with van der Waals surface area (Å²) in [6.07, 6.45) is 4.31. The first-order valence-electron chi connectivity index (χ1n) is 11.4. The van der Waals surface area contributed by atoms with Crippen LogP contribution in [0.25, 0.3) is 5.69 Å². The molecule has 2 aliphatic heterocycles. The number of aromatic nitrogens is 2. The van der Waals surface area contributed by atoms with E-state index < -0.39 is 5.41 Å². The van der Waals surface area contributed by atoms with Gasteiger partial charge in [0, 0.05) is 31.2 Å². The van der Waals surface area contributed by atoms with Gasteiger partial charge in [0.05, 0.1) is 24.2 Å². The molecule has 1 fully saturated rings. The Morgan fingerprint density at radius 2 is 1.94 bits per heavy atom. The van der Waals surface area contributed by atoms with Crippen LogP contribution < -0.4 is 4.90 Å². The van der Waals surface area contributed by atoms with E-state index in [4.69, 9.17) is 9.90 Å². The van der Waals surface area contributed by atoms with Gasteiger partial charge in [0.2, 0.25) is 11.8 Å². The van der Waals surface area contributed by atoms with Crippen LogP contribution in [0, 0.1) is 0 Å². The lowest BCUT2D eigenvalue weighted by molar-refractivity contribution is -0.131. The molecule has 182 valence electrons. The van der Waals surface area contributed by atoms with Gasteiger partial charge in [0.25, 0.3) is 6.47 Å². The van der Waals surface area contributed by atoms with Crippen LogP contribution in [0.2, 0.25) is 0 Å². The monoisotopic (exact) mass is 475 g/mol. The molecule has 1 N–H and O–H groups in total. The Balaban J connectivity index is 0.000000917. The van der Waals surface area contributed by atoms with Crippen LogP contribution in [0.4, 0.5) is 5.69 Å². The number of hydrogen-bond donors (Lipinski definition) is 1. The lowest BCUT2D eigenvalue weighted by atomic mass is 9.81. The molecule has 2 aromatic carbocycles. The summed E-state index contributed by atoms with van der Waals surface area (Å²) in [5.74, 6) is 0.158. The maximum Gasteiger partial charge on any atom is 0.290 e. The van der Waals surface area contributed by atoms with E-state index in [1.54, 1.807) is 6.20 Å². The standard InChI is InChI=1S/C25H27N5O2.CH2O2/c1-27(2)17-23(31)28-14-11-25(18-28)21-9-3-4-10-22(21)29(24(25)32)16-19-7-5-8-20(15-19)30-13-6-12-26-30;2-1-3/h3-10,12-13,15H,11,14,16-18H2,1-2H3;1H,(H,2,3). The fourth-order valence-electron chi connectivity index (χ4n) is 4.94. The molecule has 1 unspecified atom stereocenters. The fraction of sp³-hybridized carbons (Fsp3) is 0.308. The molecule has 0 bridgehead atoms. The summed E-state index contributed by atoms with van der Waals surface area (Å²) in [5.41, 5.74) is 3.33. The highest BCUT2D eigenvalue weighted by Crippen LogP contribution is 2.47. The number of carbonyl (C=O) groups is 3. The van der Waals surface area contributed by atoms with Crippen molar-refractivity contribution >= 4 is 24.0 Å². The van der Waals surface area contributed by atoms with E-state index in [0.717, 1.165) is 22.5 Å². The Labute approximate surface area is 204 Å². The summed E-state index contributed by atoms with van der Waals surface area (Å²) in [6.45, 7) is 1.64. The third-order valence-corrected chi connectivity index (χ3v) is 6.46. The maximum atomic E-state index is 13.9. The van der Waals surface area contributed by atoms with E-state index >= 15 is 0 Å². The van der Waals surface area contributed by atoms with Gasteiger partial charge in [-0.3, -0.25) is 14.4 Å². The number of likely N-dealkylation sites (N-methyl/N-ethyl adjacent to an activating group) is 1. The molecule has 3 heterocycles. The van der Waals surface area contributed by atoms with Gasteiger partial charge in [-0.15, -0.1) is 0 Å². The number of amides is 2. The Morgan fingerprint density at radius 3 is 2.66 bits per heavy atom. The van der Waals surface area contributed by atoms with Crippen molar-refractivity contribution in [2.24, 2.45) is 0 Å². The largest absolute Gasteiger partial charge is 0.483 e. The number of likely N-dealkylation sites (tertiary alicyclic amines) is 1. The van der Waals surface area contributed by atoms with Crippen LogP contribution in [0.1, 0.15) is 17.5 Å². The van der Waals surface area contributed by atoms with Crippen molar-refractivity contribution in [3.05, 3.63) is 78.1 Å². The fourth-order valence-corrected chi connectivity index (χ4v) is 4.94. The topological polar surface area (TPSA) is 99.0 Å². The Morgan fingerprint density at radius 1 is 1.17 bits per heavy atom. The Hall–Kier alpha value is -3.98. The second kappa shape index (κ2) is 10.1. The van der Waals surface area contributed by atoms with Crippen LogP contribution in [-0.4, -0.2) is 76.7 Å². The summed E-state index contributed by atoms with van der Waals surface area (Å²) < 4.78 is 1.82. The molecule has 2 aliphatic rings. The minimum atomic E-state index is -0.655. The molecule has 0 radical (unpaired) electrons. The van der Waals surface area contributed by atoms with Crippen LogP contribution >= 0.6 is 0 Å². The summed E-state index contributed by atoms with van der Waals surface area (Å²) in [6, 6.07) is 18.0. The summed E-state index contributed by atoms with van der Waals surface area (Å²) in [7, 11) is 3.78. The Kier molecular flexibility index (Phi) is 6.97. The van der Waals surface area contributed by atoms with Crippen molar-refractivity contribution in [3.8, 4) is 5.69 Å². The predicted molar refractivity (Wildman–Crippen MR) is 131 cm³/mol. The van der Waals surface area contributed by atoms with Gasteiger partial charge >= 0.3 is 0 Å². The number of nitrogens with zero attached hydrogens (tertiary/aromatic N) is 5. The normalized spacial score (nSPS) is 18.5. The zero-order valence-corrected chi connectivity index (χ0v) is 19.9. The van der Waals surface area contributed by atoms with Crippen molar-refractivity contribution in [2.45, 2.75) is 18.4 Å². The number of fused-ring (bicyclic) bond motifs is 2. The minimum Gasteiger partial charge on any atom is -0.483 e. The van der Waals surface area contributed by atoms with Crippen molar-refractivity contribution in [1.29, 1.82) is 0 Å². The SMILES string of the molecule is CN(C)CC(=O)N1CCC2(C1)C(=O)N(Cc1cccc(-n3cccn3)c1)c1ccccc12.O=CO. The number of benzene rings is 2. The second-order valence-electron chi connectivity index (χ2n) is 9.02. The van der Waals surface area contributed by atoms with Crippen molar-refractivity contribution in [1.82, 2.24) is 19.6 Å². The van der Waals surface area contributed by atoms with Gasteiger partial charge in [-0.2, -0.15) is 5.10 Å². The average Bonchev–Trinajstić information content (AvgIpc) is 3.57. The van der Waals surface area contributed by atoms with Crippen molar-refractivity contribution < 1.29 is 19.5 Å². The van der Waals surface area contributed by atoms with Crippen LogP contribution in [0.3, 0.4) is 0 Å². The predicted octanol–water partition coefficient (Wildman–Crippen LogP) is 2.15. The second-order valence-corrected chi connectivity index (χ2v) is 9.02. The molecule has 0 aliphatic carbocycles. The molecular formula is C26H29N5O4. The van der Waals surface area contributed by atoms with Crippen molar-refractivity contribution in [3.63, 3.8) is 0 Å². The minimum absolute atomic E-state index is 0.0718. The molecule has 1 atom stereocenters. The molecule has 1 saturated heterocycles. The molecule has 1 spiro atoms. The maximum absolute atomic E-state index is 13.9. The number of anilines is 1. The van der Waals surface area contributed by atoms with E-state index in [-0.39, 0.29) is 18.3 Å². The molecule has 1 aromatic heterocycles. The molecule has 35 heavy (non-hydrogen) atoms. The van der Waals surface area contributed by atoms with E-state index in [0.29, 0.717) is 32.6 Å². The highest BCUT2D eigenvalue weighted by Gasteiger charge is 2.54. The lowest BCUT2D eigenvalue weighted by Crippen LogP contribution is -2.44. The molecule has 9 heteroatoms. The number of rotatable bonds is 5. The zero-order chi connectivity index (χ0) is 25.0. The van der Waals surface area contributed by atoms with Gasteiger partial charge in [-0.1, -0.05) is 30.3 Å². The van der Waals surface area contributed by atoms with Crippen LogP contribution in [0.15, 0.2) is 67.0 Å². The first kappa shape index (κ1) is 24.2. The van der Waals surface area contributed by atoms with E-state index in [9.17, 15) is 9.59 Å². The molecule has 9 nitrogen and oxygen atoms in total. The molecule has 2 amide bonds. The van der Waals surface area contributed by atoms with Gasteiger partial charge < -0.3 is 19.8 Å². The van der Waals surface area contributed by atoms with E-state index in [1.807, 2.05) is 88.2 Å². The molecule has 3 aromatic rings. The van der Waals surface area contributed by atoms with Gasteiger partial charge in [0.15, 0.2) is 0 Å². The van der Waals surface area contributed by atoms with Crippen LogP contribution in [0.5, 0.6) is 0 Å². The highest BCUT2D eigenvalue weighted by atomic mass is 16.3. The average molecular weight is 476 g/mol. The van der Waals surface area contributed by atoms with Gasteiger partial charge in [0.1, 0.15) is 0 Å². The highest BCUT2D eigenvalue weighted by molar-refractivity contribution is 6.09. The number of carbonyl (C=O) groups excluding carboxylic acids is 2. The van der Waals surface area contributed by atoms with E-state index in [1.165, 1.54) is 0 Å². The smallest absolute Gasteiger partial charge is 0.290 e. The summed E-state index contributed by atoms with van der Waals surface area (Å²) in [4.78, 5) is 40.5. The van der Waals surface area contributed by atoms with Crippen molar-refractivity contribution in [2.75, 3.05) is 38.6 Å². The number of carboxylic acid groups (broad SMARTS) is 1. The zero-order valence-electron chi connectivity index (χ0n) is 19.9. The summed E-state index contributed by atoms with van der Waals surface area (Å²) >= 11 is 0. The molecular weight excluding hydrogens is 446 g/mol. The third kappa shape index (κ3) is 4.67. The molecule has 5 rings (SSSR count). The first-order valence-corrected chi connectivity index (χ1v) is 11.4. The summed E-state index contributed by atoms with van der Waals surface area (Å²) in [5, 5.41) is 11.2. The first-order chi connectivity index (χ1) is 16.9. The lowest BCUT2D eigenvalue weighted by Gasteiger charge is -2.25. The van der Waals surface area contributed by atoms with E-state index in [2.05, 4.69) is 11.2 Å². The number of para-hydroxylation sites is 1. The van der Waals surface area contributed by atoms with Crippen LogP contribution in [-0.2, 0) is 26.3 Å². The third-order valence-electron chi connectivity index (χ3n) is 6.46.